The second-order valence-corrected chi connectivity index (χ2v) is 8.99. The van der Waals surface area contributed by atoms with Crippen LogP contribution in [0.25, 0.3) is 10.2 Å². The first-order valence-electron chi connectivity index (χ1n) is 9.98. The molecule has 0 spiro atoms. The molecule has 4 aromatic rings. The highest BCUT2D eigenvalue weighted by Gasteiger charge is 2.49. The molecule has 0 bridgehead atoms. The number of rotatable bonds is 6. The van der Waals surface area contributed by atoms with E-state index >= 15 is 0 Å². The van der Waals surface area contributed by atoms with Crippen LogP contribution in [0.3, 0.4) is 0 Å². The number of nitrogens with two attached hydrogens (primary N) is 1. The number of nitrogens with one attached hydrogen (secondary N) is 1. The number of carbonyl (C=O) groups is 1. The molecule has 1 saturated carbocycles. The lowest BCUT2D eigenvalue weighted by molar-refractivity contribution is -0.120. The van der Waals surface area contributed by atoms with Crippen LogP contribution in [0.1, 0.15) is 24.0 Å². The molecule has 1 aliphatic rings. The molecule has 5 rings (SSSR count). The molecule has 2 aromatic carbocycles. The number of aromatic nitrogens is 1. The predicted molar refractivity (Wildman–Crippen MR) is 128 cm³/mol. The van der Waals surface area contributed by atoms with E-state index in [9.17, 15) is 9.18 Å². The largest absolute Gasteiger partial charge is 0.453 e. The summed E-state index contributed by atoms with van der Waals surface area (Å²) in [5.74, 6) is -0.125. The van der Waals surface area contributed by atoms with Gasteiger partial charge in [-0.25, -0.2) is 4.39 Å². The molecule has 3 N–H and O–H groups in total. The molecular weight excluding hydrogens is 445 g/mol. The Bertz CT molecular complexity index is 1350. The smallest absolute Gasteiger partial charge is 0.228 e. The molecular formula is C24H18FN3O2S2. The Morgan fingerprint density at radius 3 is 2.59 bits per heavy atom. The second kappa shape index (κ2) is 7.96. The highest BCUT2D eigenvalue weighted by atomic mass is 32.1. The lowest BCUT2D eigenvalue weighted by Gasteiger charge is -2.14. The van der Waals surface area contributed by atoms with Gasteiger partial charge in [0.2, 0.25) is 5.91 Å². The van der Waals surface area contributed by atoms with Crippen LogP contribution in [0, 0.1) is 5.82 Å². The van der Waals surface area contributed by atoms with E-state index in [4.69, 9.17) is 22.7 Å². The van der Waals surface area contributed by atoms with Gasteiger partial charge < -0.3 is 15.8 Å². The number of hydrogen-bond acceptors (Lipinski definition) is 5. The van der Waals surface area contributed by atoms with Crippen LogP contribution in [0.15, 0.2) is 66.2 Å². The van der Waals surface area contributed by atoms with E-state index in [1.807, 2.05) is 35.7 Å². The number of fused-ring (bicyclic) bond motifs is 1. The van der Waals surface area contributed by atoms with Gasteiger partial charge in [-0.05, 0) is 42.0 Å². The van der Waals surface area contributed by atoms with Crippen molar-refractivity contribution in [3.8, 4) is 11.5 Å². The second-order valence-electron chi connectivity index (χ2n) is 7.67. The van der Waals surface area contributed by atoms with E-state index in [-0.39, 0.29) is 11.7 Å². The molecule has 5 nitrogen and oxygen atoms in total. The van der Waals surface area contributed by atoms with Crippen LogP contribution >= 0.6 is 23.6 Å². The van der Waals surface area contributed by atoms with Crippen molar-refractivity contribution in [1.29, 1.82) is 0 Å². The maximum atomic E-state index is 14.7. The van der Waals surface area contributed by atoms with E-state index in [2.05, 4.69) is 10.3 Å². The lowest BCUT2D eigenvalue weighted by Crippen LogP contribution is -2.28. The third-order valence-corrected chi connectivity index (χ3v) is 6.89. The van der Waals surface area contributed by atoms with Crippen LogP contribution in [0.5, 0.6) is 11.5 Å². The molecule has 8 heteroatoms. The van der Waals surface area contributed by atoms with Crippen molar-refractivity contribution >= 4 is 50.4 Å². The summed E-state index contributed by atoms with van der Waals surface area (Å²) in [6, 6.07) is 15.7. The van der Waals surface area contributed by atoms with E-state index in [1.165, 1.54) is 17.4 Å². The molecule has 0 aliphatic heterocycles. The number of thiocarbonyl (C=S) groups is 1. The minimum absolute atomic E-state index is 0.118. The highest BCUT2D eigenvalue weighted by molar-refractivity contribution is 7.81. The molecule has 2 aromatic heterocycles. The number of amides is 1. The van der Waals surface area contributed by atoms with Crippen molar-refractivity contribution in [2.45, 2.75) is 18.3 Å². The van der Waals surface area contributed by atoms with E-state index in [1.54, 1.807) is 24.4 Å². The summed E-state index contributed by atoms with van der Waals surface area (Å²) in [7, 11) is 0. The number of hydrogen-bond donors (Lipinski definition) is 2. The predicted octanol–water partition coefficient (Wildman–Crippen LogP) is 5.53. The summed E-state index contributed by atoms with van der Waals surface area (Å²) >= 11 is 6.96. The van der Waals surface area contributed by atoms with Crippen LogP contribution < -0.4 is 15.8 Å². The summed E-state index contributed by atoms with van der Waals surface area (Å²) in [4.78, 5) is 16.4. The Balaban J connectivity index is 1.30. The first-order valence-corrected chi connectivity index (χ1v) is 11.3. The summed E-state index contributed by atoms with van der Waals surface area (Å²) < 4.78 is 21.4. The van der Waals surface area contributed by atoms with Crippen LogP contribution in [-0.2, 0) is 10.2 Å². The first-order chi connectivity index (χ1) is 15.5. The summed E-state index contributed by atoms with van der Waals surface area (Å²) in [6.45, 7) is 0. The van der Waals surface area contributed by atoms with Gasteiger partial charge >= 0.3 is 0 Å². The Labute approximate surface area is 193 Å². The maximum Gasteiger partial charge on any atom is 0.228 e. The molecule has 0 radical (unpaired) electrons. The van der Waals surface area contributed by atoms with Gasteiger partial charge in [-0.2, -0.15) is 0 Å². The number of halogens is 1. The number of pyridine rings is 1. The number of anilines is 1. The normalized spacial score (nSPS) is 14.2. The molecule has 2 heterocycles. The Hall–Kier alpha value is -3.36. The minimum atomic E-state index is -0.532. The molecule has 160 valence electrons. The standard InChI is InChI=1S/C24H18FN3O2S2/c25-17-13-16(5-6-19(17)30-20-7-11-27-18-8-12-32-21(18)20)28-22(31)14-1-3-15(4-2-14)24(9-10-24)23(26)29/h1-8,11-13H,9-10H2,(H2,26,29)(H,28,31). The average molecular weight is 464 g/mol. The monoisotopic (exact) mass is 463 g/mol. The van der Waals surface area contributed by atoms with Crippen molar-refractivity contribution in [1.82, 2.24) is 4.98 Å². The zero-order chi connectivity index (χ0) is 22.3. The fourth-order valence-electron chi connectivity index (χ4n) is 3.66. The summed E-state index contributed by atoms with van der Waals surface area (Å²) in [5.41, 5.74) is 7.99. The molecule has 0 saturated heterocycles. The number of benzene rings is 2. The van der Waals surface area contributed by atoms with Gasteiger partial charge in [0.05, 0.1) is 15.6 Å². The fraction of sp³-hybridized carbons (Fsp3) is 0.125. The van der Waals surface area contributed by atoms with Crippen molar-refractivity contribution in [3.63, 3.8) is 0 Å². The quantitative estimate of drug-likeness (QED) is 0.368. The van der Waals surface area contributed by atoms with Gasteiger partial charge in [0, 0.05) is 29.6 Å². The third kappa shape index (κ3) is 3.72. The van der Waals surface area contributed by atoms with E-state index in [0.29, 0.717) is 16.4 Å². The number of primary amides is 1. The van der Waals surface area contributed by atoms with Gasteiger partial charge in [-0.1, -0.05) is 36.5 Å². The van der Waals surface area contributed by atoms with Crippen molar-refractivity contribution in [2.75, 3.05) is 5.32 Å². The summed E-state index contributed by atoms with van der Waals surface area (Å²) in [6.07, 6.45) is 3.18. The number of carbonyl (C=O) groups excluding carboxylic acids is 1. The fourth-order valence-corrected chi connectivity index (χ4v) is 4.71. The minimum Gasteiger partial charge on any atom is -0.453 e. The Kier molecular flexibility index (Phi) is 5.11. The highest BCUT2D eigenvalue weighted by Crippen LogP contribution is 2.47. The van der Waals surface area contributed by atoms with Crippen molar-refractivity contribution < 1.29 is 13.9 Å². The SMILES string of the molecule is NC(=O)C1(c2ccc(C(=S)Nc3ccc(Oc4ccnc5ccsc45)c(F)c3)cc2)CC1. The maximum absolute atomic E-state index is 14.7. The van der Waals surface area contributed by atoms with Gasteiger partial charge in [-0.15, -0.1) is 11.3 Å². The average Bonchev–Trinajstić information content (AvgIpc) is 3.47. The molecule has 1 fully saturated rings. The van der Waals surface area contributed by atoms with E-state index < -0.39 is 11.2 Å². The van der Waals surface area contributed by atoms with E-state index in [0.717, 1.165) is 34.2 Å². The number of ether oxygens (including phenoxy) is 1. The summed E-state index contributed by atoms with van der Waals surface area (Å²) in [5, 5.41) is 4.96. The zero-order valence-electron chi connectivity index (χ0n) is 16.8. The van der Waals surface area contributed by atoms with Gasteiger partial charge in [0.15, 0.2) is 11.6 Å². The Morgan fingerprint density at radius 1 is 1.12 bits per heavy atom. The molecule has 0 unspecified atom stereocenters. The molecule has 0 atom stereocenters. The molecule has 1 amide bonds. The van der Waals surface area contributed by atoms with Gasteiger partial charge in [-0.3, -0.25) is 9.78 Å². The topological polar surface area (TPSA) is 77.2 Å². The number of nitrogens with zero attached hydrogens (tertiary/aromatic N) is 1. The van der Waals surface area contributed by atoms with Gasteiger partial charge in [0.1, 0.15) is 10.7 Å². The van der Waals surface area contributed by atoms with Gasteiger partial charge in [0.25, 0.3) is 0 Å². The van der Waals surface area contributed by atoms with Crippen molar-refractivity contribution in [3.05, 3.63) is 83.1 Å². The van der Waals surface area contributed by atoms with Crippen molar-refractivity contribution in [2.24, 2.45) is 5.73 Å². The van der Waals surface area contributed by atoms with Crippen LogP contribution in [0.2, 0.25) is 0 Å². The van der Waals surface area contributed by atoms with Crippen LogP contribution in [0.4, 0.5) is 10.1 Å². The third-order valence-electron chi connectivity index (χ3n) is 5.64. The Morgan fingerprint density at radius 2 is 1.91 bits per heavy atom. The van der Waals surface area contributed by atoms with Crippen LogP contribution in [-0.4, -0.2) is 15.9 Å². The molecule has 1 aliphatic carbocycles. The lowest BCUT2D eigenvalue weighted by atomic mass is 9.94. The first kappa shape index (κ1) is 20.5. The number of thiophene rings is 1. The molecule has 32 heavy (non-hydrogen) atoms. The zero-order valence-corrected chi connectivity index (χ0v) is 18.4.